The lowest BCUT2D eigenvalue weighted by atomic mass is 9.37. The number of pyridine rings is 2. The van der Waals surface area contributed by atoms with E-state index < -0.39 is 0 Å². The average Bonchev–Trinajstić information content (AvgIpc) is 3.17. The summed E-state index contributed by atoms with van der Waals surface area (Å²) in [7, 11) is 0. The van der Waals surface area contributed by atoms with E-state index in [0.717, 1.165) is 50.3 Å². The zero-order valence-electron chi connectivity index (χ0n) is 36.6. The Kier molecular flexibility index (Phi) is 10.6. The van der Waals surface area contributed by atoms with Gasteiger partial charge in [-0.2, -0.15) is 0 Å². The van der Waals surface area contributed by atoms with Crippen molar-refractivity contribution in [3.8, 4) is 39.4 Å². The summed E-state index contributed by atoms with van der Waals surface area (Å²) in [6.07, 6.45) is 1.89. The minimum Gasteiger partial charge on any atom is -0.507 e. The highest BCUT2D eigenvalue weighted by Crippen LogP contribution is 2.43. The highest BCUT2D eigenvalue weighted by atomic mass is 16.3. The molecular formula is C54H59BN2O. The van der Waals surface area contributed by atoms with Crippen molar-refractivity contribution in [2.75, 3.05) is 0 Å². The lowest BCUT2D eigenvalue weighted by molar-refractivity contribution is 0.446. The van der Waals surface area contributed by atoms with Crippen molar-refractivity contribution in [2.45, 2.75) is 105 Å². The first-order chi connectivity index (χ1) is 27.2. The molecule has 2 aromatic heterocycles. The Bertz CT molecular complexity index is 2580. The maximum atomic E-state index is 12.2. The first-order valence-electron chi connectivity index (χ1n) is 20.7. The molecule has 5 aromatic carbocycles. The second-order valence-electron chi connectivity index (χ2n) is 20.2. The van der Waals surface area contributed by atoms with Crippen molar-refractivity contribution >= 4 is 34.0 Å². The van der Waals surface area contributed by atoms with Crippen molar-refractivity contribution < 1.29 is 5.11 Å². The van der Waals surface area contributed by atoms with E-state index in [1.807, 2.05) is 12.3 Å². The fraction of sp³-hybridized carbons (Fsp3) is 0.296. The van der Waals surface area contributed by atoms with E-state index in [1.165, 1.54) is 32.9 Å². The molecule has 2 heterocycles. The molecule has 294 valence electrons. The first-order valence-corrected chi connectivity index (χ1v) is 20.7. The Morgan fingerprint density at radius 2 is 1.07 bits per heavy atom. The molecule has 1 N–H and O–H groups in total. The third kappa shape index (κ3) is 8.39. The minimum absolute atomic E-state index is 0.0496. The number of benzene rings is 5. The fourth-order valence-electron chi connectivity index (χ4n) is 7.91. The van der Waals surface area contributed by atoms with Gasteiger partial charge < -0.3 is 5.11 Å². The van der Waals surface area contributed by atoms with E-state index in [4.69, 9.17) is 9.97 Å². The first kappa shape index (κ1) is 40.7. The number of phenolic OH excluding ortho intramolecular Hbond substituents is 1. The summed E-state index contributed by atoms with van der Waals surface area (Å²) in [6.45, 7) is 26.8. The van der Waals surface area contributed by atoms with Crippen LogP contribution in [-0.2, 0) is 21.7 Å². The standard InChI is InChI=1S/C54H59BN2O/c1-51(2,3)39-27-37(28-40(32-39)52(4,5)6)38-30-47(57-48(31-38)44-33-41(53(7,8)9)34-45(50(44)58)54(10,11)12)36-21-17-22-42(29-36)55(49-25-15-16-26-56-49)46-24-18-20-35-19-13-14-23-43(35)46/h13-34,58H,1-12H3. The Balaban J connectivity index is 1.51. The molecule has 0 aliphatic heterocycles. The molecule has 7 rings (SSSR count). The van der Waals surface area contributed by atoms with Gasteiger partial charge in [0.25, 0.3) is 6.71 Å². The molecule has 4 heteroatoms. The topological polar surface area (TPSA) is 46.0 Å². The number of fused-ring (bicyclic) bond motifs is 1. The van der Waals surface area contributed by atoms with E-state index in [0.29, 0.717) is 0 Å². The van der Waals surface area contributed by atoms with E-state index in [9.17, 15) is 5.11 Å². The Hall–Kier alpha value is -5.48. The Morgan fingerprint density at radius 1 is 0.483 bits per heavy atom. The van der Waals surface area contributed by atoms with Gasteiger partial charge in [0.2, 0.25) is 0 Å². The molecule has 0 atom stereocenters. The molecule has 0 bridgehead atoms. The predicted molar refractivity (Wildman–Crippen MR) is 250 cm³/mol. The van der Waals surface area contributed by atoms with E-state index in [1.54, 1.807) is 0 Å². The maximum Gasteiger partial charge on any atom is 0.265 e. The summed E-state index contributed by atoms with van der Waals surface area (Å²) in [4.78, 5) is 10.4. The van der Waals surface area contributed by atoms with Gasteiger partial charge >= 0.3 is 0 Å². The van der Waals surface area contributed by atoms with Gasteiger partial charge in [-0.25, -0.2) is 4.98 Å². The van der Waals surface area contributed by atoms with Crippen LogP contribution in [-0.4, -0.2) is 21.8 Å². The van der Waals surface area contributed by atoms with Crippen LogP contribution >= 0.6 is 0 Å². The predicted octanol–water partition coefficient (Wildman–Crippen LogP) is 12.0. The van der Waals surface area contributed by atoms with Gasteiger partial charge in [0.1, 0.15) is 5.75 Å². The van der Waals surface area contributed by atoms with Crippen LogP contribution in [0.5, 0.6) is 5.75 Å². The third-order valence-electron chi connectivity index (χ3n) is 11.5. The smallest absolute Gasteiger partial charge is 0.265 e. The maximum absolute atomic E-state index is 12.2. The zero-order chi connectivity index (χ0) is 41.8. The number of aromatic hydroxyl groups is 1. The molecule has 58 heavy (non-hydrogen) atoms. The fourth-order valence-corrected chi connectivity index (χ4v) is 7.91. The second-order valence-corrected chi connectivity index (χ2v) is 20.2. The van der Waals surface area contributed by atoms with Gasteiger partial charge in [0.05, 0.1) is 11.4 Å². The van der Waals surface area contributed by atoms with Gasteiger partial charge in [-0.15, -0.1) is 0 Å². The average molecular weight is 763 g/mol. The lowest BCUT2D eigenvalue weighted by Gasteiger charge is -2.28. The summed E-state index contributed by atoms with van der Waals surface area (Å²) >= 11 is 0. The number of rotatable bonds is 6. The summed E-state index contributed by atoms with van der Waals surface area (Å²) in [5.41, 5.74) is 13.1. The van der Waals surface area contributed by atoms with Crippen LogP contribution in [0.15, 0.2) is 134 Å². The lowest BCUT2D eigenvalue weighted by Crippen LogP contribution is -2.53. The van der Waals surface area contributed by atoms with Gasteiger partial charge in [-0.3, -0.25) is 4.98 Å². The van der Waals surface area contributed by atoms with Crippen LogP contribution in [0.1, 0.15) is 105 Å². The molecule has 0 radical (unpaired) electrons. The van der Waals surface area contributed by atoms with Crippen molar-refractivity contribution in [2.24, 2.45) is 0 Å². The molecule has 0 saturated heterocycles. The second kappa shape index (κ2) is 15.0. The number of hydrogen-bond donors (Lipinski definition) is 1. The highest BCUT2D eigenvalue weighted by molar-refractivity contribution is 6.96. The number of hydrogen-bond acceptors (Lipinski definition) is 3. The van der Waals surface area contributed by atoms with Crippen molar-refractivity contribution in [3.05, 3.63) is 156 Å². The highest BCUT2D eigenvalue weighted by Gasteiger charge is 2.29. The Labute approximate surface area is 347 Å². The van der Waals surface area contributed by atoms with Gasteiger partial charge in [-0.05, 0) is 96.1 Å². The summed E-state index contributed by atoms with van der Waals surface area (Å²) in [6, 6.07) is 46.0. The minimum atomic E-state index is -0.278. The number of aromatic nitrogens is 2. The number of nitrogens with zero attached hydrogens (tertiary/aromatic N) is 2. The van der Waals surface area contributed by atoms with Crippen LogP contribution in [0.3, 0.4) is 0 Å². The van der Waals surface area contributed by atoms with Crippen LogP contribution in [0, 0.1) is 0 Å². The SMILES string of the molecule is CC(C)(C)c1cc(-c2cc(-c3cccc(B(c4ccccn4)c4cccc5ccccc45)c3)nc(-c3cc(C(C)(C)C)cc(C(C)(C)C)c3O)c2)cc(C(C)(C)C)c1. The van der Waals surface area contributed by atoms with Gasteiger partial charge in [-0.1, -0.05) is 191 Å². The third-order valence-corrected chi connectivity index (χ3v) is 11.5. The number of phenols is 1. The Morgan fingerprint density at radius 3 is 1.71 bits per heavy atom. The van der Waals surface area contributed by atoms with Crippen molar-refractivity contribution in [1.29, 1.82) is 0 Å². The van der Waals surface area contributed by atoms with Gasteiger partial charge in [0, 0.05) is 22.9 Å². The molecule has 0 saturated carbocycles. The molecule has 3 nitrogen and oxygen atoms in total. The summed E-state index contributed by atoms with van der Waals surface area (Å²) in [5, 5.41) is 14.6. The van der Waals surface area contributed by atoms with Crippen molar-refractivity contribution in [1.82, 2.24) is 9.97 Å². The molecule has 0 fully saturated rings. The molecule has 0 aliphatic rings. The molecule has 0 unspecified atom stereocenters. The normalized spacial score (nSPS) is 12.6. The molecule has 0 spiro atoms. The van der Waals surface area contributed by atoms with Crippen LogP contribution < -0.4 is 16.5 Å². The van der Waals surface area contributed by atoms with Crippen LogP contribution in [0.2, 0.25) is 0 Å². The van der Waals surface area contributed by atoms with Crippen LogP contribution in [0.4, 0.5) is 0 Å². The van der Waals surface area contributed by atoms with Crippen LogP contribution in [0.25, 0.3) is 44.4 Å². The van der Waals surface area contributed by atoms with E-state index >= 15 is 0 Å². The summed E-state index contributed by atoms with van der Waals surface area (Å²) < 4.78 is 0. The van der Waals surface area contributed by atoms with Crippen molar-refractivity contribution in [3.63, 3.8) is 0 Å². The largest absolute Gasteiger partial charge is 0.507 e. The van der Waals surface area contributed by atoms with E-state index in [-0.39, 0.29) is 34.1 Å². The monoisotopic (exact) mass is 762 g/mol. The molecule has 0 aliphatic carbocycles. The molecule has 7 aromatic rings. The van der Waals surface area contributed by atoms with E-state index in [2.05, 4.69) is 204 Å². The quantitative estimate of drug-likeness (QED) is 0.172. The zero-order valence-corrected chi connectivity index (χ0v) is 36.6. The van der Waals surface area contributed by atoms with Gasteiger partial charge in [0.15, 0.2) is 0 Å². The summed E-state index contributed by atoms with van der Waals surface area (Å²) in [5.74, 6) is 0.287. The molecular weight excluding hydrogens is 703 g/mol. The molecule has 0 amide bonds.